The molecule has 106 valence electrons. The molecule has 0 amide bonds. The molecule has 0 aliphatic heterocycles. The molecule has 1 aliphatic carbocycles. The number of hydrogen-bond acceptors (Lipinski definition) is 4. The highest BCUT2D eigenvalue weighted by molar-refractivity contribution is 5.17. The van der Waals surface area contributed by atoms with Crippen LogP contribution in [-0.2, 0) is 0 Å². The summed E-state index contributed by atoms with van der Waals surface area (Å²) in [6.45, 7) is 4.71. The Balaban J connectivity index is 2.18. The zero-order valence-corrected chi connectivity index (χ0v) is 12.4. The van der Waals surface area contributed by atoms with Gasteiger partial charge in [-0.1, -0.05) is 13.8 Å². The monoisotopic (exact) mass is 263 g/mol. The van der Waals surface area contributed by atoms with Crippen molar-refractivity contribution < 1.29 is 4.74 Å². The normalized spacial score (nSPS) is 28.9. The minimum absolute atomic E-state index is 0.294. The third-order valence-electron chi connectivity index (χ3n) is 4.19. The number of ether oxygens (including phenoxy) is 1. The first-order chi connectivity index (χ1) is 9.13. The molecule has 4 nitrogen and oxygen atoms in total. The van der Waals surface area contributed by atoms with Gasteiger partial charge >= 0.3 is 0 Å². The van der Waals surface area contributed by atoms with Gasteiger partial charge in [-0.3, -0.25) is 0 Å². The van der Waals surface area contributed by atoms with Crippen molar-refractivity contribution >= 4 is 0 Å². The summed E-state index contributed by atoms with van der Waals surface area (Å²) in [5, 5.41) is 3.43. The van der Waals surface area contributed by atoms with E-state index in [2.05, 4.69) is 29.1 Å². The summed E-state index contributed by atoms with van der Waals surface area (Å²) >= 11 is 0. The van der Waals surface area contributed by atoms with Crippen molar-refractivity contribution in [2.45, 2.75) is 39.2 Å². The van der Waals surface area contributed by atoms with Gasteiger partial charge in [-0.25, -0.2) is 9.97 Å². The van der Waals surface area contributed by atoms with Crippen LogP contribution in [0.15, 0.2) is 12.4 Å². The van der Waals surface area contributed by atoms with E-state index in [0.717, 1.165) is 17.5 Å². The second-order valence-corrected chi connectivity index (χ2v) is 5.93. The molecule has 1 aromatic heterocycles. The van der Waals surface area contributed by atoms with E-state index in [-0.39, 0.29) is 0 Å². The summed E-state index contributed by atoms with van der Waals surface area (Å²) < 4.78 is 5.20. The smallest absolute Gasteiger partial charge is 0.216 e. The molecule has 1 N–H and O–H groups in total. The molecule has 2 rings (SSSR count). The molecule has 0 aromatic carbocycles. The Kier molecular flexibility index (Phi) is 4.75. The molecule has 1 fully saturated rings. The lowest BCUT2D eigenvalue weighted by Gasteiger charge is -2.36. The average molecular weight is 263 g/mol. The van der Waals surface area contributed by atoms with Gasteiger partial charge in [0.25, 0.3) is 0 Å². The van der Waals surface area contributed by atoms with E-state index in [1.54, 1.807) is 13.4 Å². The average Bonchev–Trinajstić information content (AvgIpc) is 2.39. The molecule has 3 unspecified atom stereocenters. The van der Waals surface area contributed by atoms with Gasteiger partial charge in [0.05, 0.1) is 18.8 Å². The number of aromatic nitrogens is 2. The van der Waals surface area contributed by atoms with E-state index < -0.39 is 0 Å². The number of nitrogens with zero attached hydrogens (tertiary/aromatic N) is 2. The maximum absolute atomic E-state index is 5.20. The van der Waals surface area contributed by atoms with Crippen LogP contribution in [0, 0.1) is 17.8 Å². The third kappa shape index (κ3) is 3.44. The van der Waals surface area contributed by atoms with Crippen LogP contribution in [-0.4, -0.2) is 24.1 Å². The molecule has 0 radical (unpaired) electrons. The number of methoxy groups -OCH3 is 1. The summed E-state index contributed by atoms with van der Waals surface area (Å²) in [7, 11) is 3.66. The van der Waals surface area contributed by atoms with Gasteiger partial charge in [-0.05, 0) is 44.1 Å². The highest BCUT2D eigenvalue weighted by atomic mass is 16.5. The van der Waals surface area contributed by atoms with Crippen LogP contribution in [0.3, 0.4) is 0 Å². The molecular weight excluding hydrogens is 238 g/mol. The molecule has 4 heteroatoms. The zero-order valence-electron chi connectivity index (χ0n) is 12.4. The molecule has 0 spiro atoms. The van der Waals surface area contributed by atoms with Crippen LogP contribution in [0.25, 0.3) is 0 Å². The predicted octanol–water partition coefficient (Wildman–Crippen LogP) is 2.82. The van der Waals surface area contributed by atoms with Crippen molar-refractivity contribution in [1.29, 1.82) is 0 Å². The molecule has 1 aliphatic rings. The van der Waals surface area contributed by atoms with Crippen LogP contribution in [0.4, 0.5) is 0 Å². The molecule has 0 saturated heterocycles. The van der Waals surface area contributed by atoms with Gasteiger partial charge in [0, 0.05) is 6.07 Å². The first kappa shape index (κ1) is 14.3. The minimum Gasteiger partial charge on any atom is -0.481 e. The first-order valence-corrected chi connectivity index (χ1v) is 7.17. The van der Waals surface area contributed by atoms with Crippen molar-refractivity contribution in [3.05, 3.63) is 18.1 Å². The second kappa shape index (κ2) is 6.33. The largest absolute Gasteiger partial charge is 0.481 e. The van der Waals surface area contributed by atoms with E-state index in [9.17, 15) is 0 Å². The summed E-state index contributed by atoms with van der Waals surface area (Å²) in [4.78, 5) is 8.52. The van der Waals surface area contributed by atoms with Crippen molar-refractivity contribution in [3.63, 3.8) is 0 Å². The highest BCUT2D eigenvalue weighted by Gasteiger charge is 2.31. The maximum Gasteiger partial charge on any atom is 0.216 e. The lowest BCUT2D eigenvalue weighted by atomic mass is 9.73. The molecular formula is C15H25N3O. The maximum atomic E-state index is 5.20. The Morgan fingerprint density at radius 3 is 2.47 bits per heavy atom. The van der Waals surface area contributed by atoms with E-state index in [1.165, 1.54) is 19.3 Å². The van der Waals surface area contributed by atoms with Crippen molar-refractivity contribution in [2.75, 3.05) is 14.2 Å². The molecule has 1 aromatic rings. The topological polar surface area (TPSA) is 47.0 Å². The quantitative estimate of drug-likeness (QED) is 0.907. The van der Waals surface area contributed by atoms with Crippen molar-refractivity contribution in [1.82, 2.24) is 15.3 Å². The second-order valence-electron chi connectivity index (χ2n) is 5.93. The molecule has 1 saturated carbocycles. The van der Waals surface area contributed by atoms with Gasteiger partial charge in [0.2, 0.25) is 5.88 Å². The fraction of sp³-hybridized carbons (Fsp3) is 0.733. The van der Waals surface area contributed by atoms with E-state index in [1.807, 2.05) is 13.1 Å². The zero-order chi connectivity index (χ0) is 13.8. The van der Waals surface area contributed by atoms with E-state index >= 15 is 0 Å². The summed E-state index contributed by atoms with van der Waals surface area (Å²) in [6, 6.07) is 2.24. The Morgan fingerprint density at radius 1 is 1.21 bits per heavy atom. The minimum atomic E-state index is 0.294. The number of nitrogens with one attached hydrogen (secondary N) is 1. The Labute approximate surface area is 116 Å². The first-order valence-electron chi connectivity index (χ1n) is 7.17. The molecule has 1 heterocycles. The van der Waals surface area contributed by atoms with Gasteiger partial charge < -0.3 is 10.1 Å². The molecule has 19 heavy (non-hydrogen) atoms. The fourth-order valence-corrected chi connectivity index (χ4v) is 3.54. The van der Waals surface area contributed by atoms with Crippen LogP contribution in [0.1, 0.15) is 44.8 Å². The van der Waals surface area contributed by atoms with Crippen LogP contribution in [0.2, 0.25) is 0 Å². The Bertz CT molecular complexity index is 400. The number of hydrogen-bond donors (Lipinski definition) is 1. The van der Waals surface area contributed by atoms with Crippen LogP contribution < -0.4 is 10.1 Å². The SMILES string of the molecule is CNC(c1cc(OC)ncn1)C1CC(C)CC(C)C1. The summed E-state index contributed by atoms with van der Waals surface area (Å²) in [5.41, 5.74) is 1.04. The van der Waals surface area contributed by atoms with Gasteiger partial charge in [0.15, 0.2) is 0 Å². The van der Waals surface area contributed by atoms with E-state index in [0.29, 0.717) is 17.8 Å². The van der Waals surface area contributed by atoms with Crippen LogP contribution >= 0.6 is 0 Å². The summed E-state index contributed by atoms with van der Waals surface area (Å²) in [6.07, 6.45) is 5.47. The summed E-state index contributed by atoms with van der Waals surface area (Å²) in [5.74, 6) is 2.88. The predicted molar refractivity (Wildman–Crippen MR) is 76.1 cm³/mol. The molecule has 3 atom stereocenters. The fourth-order valence-electron chi connectivity index (χ4n) is 3.54. The highest BCUT2D eigenvalue weighted by Crippen LogP contribution is 2.39. The third-order valence-corrected chi connectivity index (χ3v) is 4.19. The lowest BCUT2D eigenvalue weighted by Crippen LogP contribution is -2.32. The Morgan fingerprint density at radius 2 is 1.89 bits per heavy atom. The van der Waals surface area contributed by atoms with Gasteiger partial charge in [-0.2, -0.15) is 0 Å². The van der Waals surface area contributed by atoms with Crippen molar-refractivity contribution in [2.24, 2.45) is 17.8 Å². The number of rotatable bonds is 4. The van der Waals surface area contributed by atoms with Gasteiger partial charge in [-0.15, -0.1) is 0 Å². The van der Waals surface area contributed by atoms with Crippen molar-refractivity contribution in [3.8, 4) is 5.88 Å². The standard InChI is InChI=1S/C15H25N3O/c1-10-5-11(2)7-12(6-10)15(16-3)13-8-14(19-4)18-9-17-13/h8-12,15-16H,5-7H2,1-4H3. The van der Waals surface area contributed by atoms with Gasteiger partial charge in [0.1, 0.15) is 6.33 Å². The lowest BCUT2D eigenvalue weighted by molar-refractivity contribution is 0.178. The molecule has 0 bridgehead atoms. The Hall–Kier alpha value is -1.16. The van der Waals surface area contributed by atoms with Crippen LogP contribution in [0.5, 0.6) is 5.88 Å². The van der Waals surface area contributed by atoms with E-state index in [4.69, 9.17) is 4.74 Å².